The Morgan fingerprint density at radius 3 is 2.90 bits per heavy atom. The summed E-state index contributed by atoms with van der Waals surface area (Å²) in [6, 6.07) is 11.6. The van der Waals surface area contributed by atoms with E-state index < -0.39 is 0 Å². The van der Waals surface area contributed by atoms with Crippen molar-refractivity contribution in [1.82, 2.24) is 14.8 Å². The molecule has 0 aliphatic heterocycles. The smallest absolute Gasteiger partial charge is 0.239 e. The highest BCUT2D eigenvalue weighted by molar-refractivity contribution is 5.79. The molecule has 2 N–H and O–H groups in total. The molecule has 0 aliphatic rings. The zero-order valence-electron chi connectivity index (χ0n) is 11.3. The highest BCUT2D eigenvalue weighted by Gasteiger charge is 2.09. The first kappa shape index (κ1) is 12.5. The van der Waals surface area contributed by atoms with Crippen molar-refractivity contribution >= 4 is 16.6 Å². The van der Waals surface area contributed by atoms with Gasteiger partial charge in [0.05, 0.1) is 24.0 Å². The lowest BCUT2D eigenvalue weighted by Gasteiger charge is -2.09. The van der Waals surface area contributed by atoms with Gasteiger partial charge < -0.3 is 10.5 Å². The molecule has 5 nitrogen and oxygen atoms in total. The Morgan fingerprint density at radius 1 is 1.20 bits per heavy atom. The monoisotopic (exact) mass is 268 g/mol. The Labute approximate surface area is 117 Å². The summed E-state index contributed by atoms with van der Waals surface area (Å²) in [7, 11) is 0. The van der Waals surface area contributed by atoms with Gasteiger partial charge in [-0.15, -0.1) is 0 Å². The number of hydrogen-bond donors (Lipinski definition) is 1. The van der Waals surface area contributed by atoms with Gasteiger partial charge in [0, 0.05) is 5.39 Å². The summed E-state index contributed by atoms with van der Waals surface area (Å²) in [5.41, 5.74) is 7.43. The molecule has 0 atom stereocenters. The van der Waals surface area contributed by atoms with Crippen molar-refractivity contribution in [1.29, 1.82) is 0 Å². The number of hydrogen-bond acceptors (Lipinski definition) is 4. The number of para-hydroxylation sites is 1. The van der Waals surface area contributed by atoms with Gasteiger partial charge in [-0.1, -0.05) is 25.1 Å². The van der Waals surface area contributed by atoms with Gasteiger partial charge in [0.25, 0.3) is 0 Å². The third kappa shape index (κ3) is 2.18. The molecule has 0 spiro atoms. The van der Waals surface area contributed by atoms with Gasteiger partial charge in [-0.2, -0.15) is 10.1 Å². The van der Waals surface area contributed by atoms with E-state index in [9.17, 15) is 0 Å². The summed E-state index contributed by atoms with van der Waals surface area (Å²) in [5.74, 6) is 1.16. The maximum Gasteiger partial charge on any atom is 0.239 e. The molecule has 0 unspecified atom stereocenters. The third-order valence-corrected chi connectivity index (χ3v) is 3.01. The van der Waals surface area contributed by atoms with Crippen LogP contribution in [-0.4, -0.2) is 21.4 Å². The minimum Gasteiger partial charge on any atom is -0.476 e. The maximum absolute atomic E-state index is 5.88. The summed E-state index contributed by atoms with van der Waals surface area (Å²) in [4.78, 5) is 4.46. The van der Waals surface area contributed by atoms with E-state index in [4.69, 9.17) is 10.5 Å². The molecule has 2 aromatic heterocycles. The molecule has 20 heavy (non-hydrogen) atoms. The Balaban J connectivity index is 2.05. The second kappa shape index (κ2) is 5.21. The molecule has 0 fully saturated rings. The molecule has 0 bridgehead atoms. The number of nitrogen functional groups attached to an aromatic ring is 1. The van der Waals surface area contributed by atoms with E-state index in [0.29, 0.717) is 24.0 Å². The third-order valence-electron chi connectivity index (χ3n) is 3.01. The summed E-state index contributed by atoms with van der Waals surface area (Å²) in [6.45, 7) is 2.64. The average molecular weight is 268 g/mol. The van der Waals surface area contributed by atoms with E-state index in [1.807, 2.05) is 43.5 Å². The minimum atomic E-state index is 0.462. The molecule has 0 saturated heterocycles. The van der Waals surface area contributed by atoms with Crippen LogP contribution in [-0.2, 0) is 0 Å². The van der Waals surface area contributed by atoms with Crippen LogP contribution in [0, 0.1) is 0 Å². The number of ether oxygens (including phenoxy) is 1. The Morgan fingerprint density at radius 2 is 2.05 bits per heavy atom. The first-order valence-electron chi connectivity index (χ1n) is 6.62. The summed E-state index contributed by atoms with van der Waals surface area (Å²) < 4.78 is 7.34. The van der Waals surface area contributed by atoms with Gasteiger partial charge in [-0.3, -0.25) is 0 Å². The highest BCUT2D eigenvalue weighted by Crippen LogP contribution is 2.23. The van der Waals surface area contributed by atoms with Gasteiger partial charge >= 0.3 is 0 Å². The fourth-order valence-electron chi connectivity index (χ4n) is 2.03. The SMILES string of the molecule is CCCOc1nc(-n2ncc3ccccc32)ccc1N. The van der Waals surface area contributed by atoms with Crippen molar-refractivity contribution in [3.63, 3.8) is 0 Å². The van der Waals surface area contributed by atoms with E-state index >= 15 is 0 Å². The van der Waals surface area contributed by atoms with E-state index in [-0.39, 0.29) is 0 Å². The second-order valence-corrected chi connectivity index (χ2v) is 4.53. The number of pyridine rings is 1. The van der Waals surface area contributed by atoms with Gasteiger partial charge in [-0.05, 0) is 24.6 Å². The normalized spacial score (nSPS) is 10.8. The van der Waals surface area contributed by atoms with Crippen LogP contribution in [0.1, 0.15) is 13.3 Å². The molecule has 3 rings (SSSR count). The minimum absolute atomic E-state index is 0.462. The van der Waals surface area contributed by atoms with Gasteiger partial charge in [-0.25, -0.2) is 4.68 Å². The first-order chi connectivity index (χ1) is 9.79. The van der Waals surface area contributed by atoms with Gasteiger partial charge in [0.2, 0.25) is 5.88 Å². The first-order valence-corrected chi connectivity index (χ1v) is 6.62. The topological polar surface area (TPSA) is 66.0 Å². The molecule has 3 aromatic rings. The van der Waals surface area contributed by atoms with Crippen LogP contribution < -0.4 is 10.5 Å². The predicted octanol–water partition coefficient (Wildman–Crippen LogP) is 2.79. The quantitative estimate of drug-likeness (QED) is 0.790. The fraction of sp³-hybridized carbons (Fsp3) is 0.200. The van der Waals surface area contributed by atoms with Crippen LogP contribution >= 0.6 is 0 Å². The Bertz CT molecular complexity index is 736. The second-order valence-electron chi connectivity index (χ2n) is 4.53. The van der Waals surface area contributed by atoms with Crippen molar-refractivity contribution in [3.8, 4) is 11.7 Å². The van der Waals surface area contributed by atoms with E-state index in [1.165, 1.54) is 0 Å². The lowest BCUT2D eigenvalue weighted by Crippen LogP contribution is -2.05. The highest BCUT2D eigenvalue weighted by atomic mass is 16.5. The van der Waals surface area contributed by atoms with Crippen LogP contribution in [0.25, 0.3) is 16.7 Å². The van der Waals surface area contributed by atoms with Crippen molar-refractivity contribution in [2.75, 3.05) is 12.3 Å². The Hall–Kier alpha value is -2.56. The van der Waals surface area contributed by atoms with Crippen LogP contribution in [0.2, 0.25) is 0 Å². The lowest BCUT2D eigenvalue weighted by atomic mass is 10.2. The molecule has 1 aromatic carbocycles. The standard InChI is InChI=1S/C15H16N4O/c1-2-9-20-15-12(16)7-8-14(18-15)19-13-6-4-3-5-11(13)10-17-19/h3-8,10H,2,9,16H2,1H3. The molecule has 102 valence electrons. The van der Waals surface area contributed by atoms with E-state index in [0.717, 1.165) is 17.3 Å². The number of benzene rings is 1. The number of anilines is 1. The van der Waals surface area contributed by atoms with Crippen molar-refractivity contribution < 1.29 is 4.74 Å². The molecule has 0 radical (unpaired) electrons. The summed E-state index contributed by atoms with van der Waals surface area (Å²) in [6.07, 6.45) is 2.73. The molecular formula is C15H16N4O. The van der Waals surface area contributed by atoms with Crippen LogP contribution in [0.4, 0.5) is 5.69 Å². The molecule has 0 saturated carbocycles. The summed E-state index contributed by atoms with van der Waals surface area (Å²) in [5, 5.41) is 5.45. The Kier molecular flexibility index (Phi) is 3.25. The van der Waals surface area contributed by atoms with Crippen LogP contribution in [0.5, 0.6) is 5.88 Å². The molecule has 2 heterocycles. The van der Waals surface area contributed by atoms with Crippen LogP contribution in [0.15, 0.2) is 42.6 Å². The van der Waals surface area contributed by atoms with Crippen LogP contribution in [0.3, 0.4) is 0 Å². The van der Waals surface area contributed by atoms with E-state index in [1.54, 1.807) is 10.7 Å². The molecule has 0 aliphatic carbocycles. The van der Waals surface area contributed by atoms with Crippen molar-refractivity contribution in [2.24, 2.45) is 0 Å². The fourth-order valence-corrected chi connectivity index (χ4v) is 2.03. The number of aromatic nitrogens is 3. The molecular weight excluding hydrogens is 252 g/mol. The number of fused-ring (bicyclic) bond motifs is 1. The average Bonchev–Trinajstić information content (AvgIpc) is 2.90. The zero-order chi connectivity index (χ0) is 13.9. The molecule has 5 heteroatoms. The van der Waals surface area contributed by atoms with Crippen molar-refractivity contribution in [3.05, 3.63) is 42.6 Å². The number of nitrogens with two attached hydrogens (primary N) is 1. The van der Waals surface area contributed by atoms with Gasteiger partial charge in [0.15, 0.2) is 5.82 Å². The number of rotatable bonds is 4. The van der Waals surface area contributed by atoms with Crippen molar-refractivity contribution in [2.45, 2.75) is 13.3 Å². The maximum atomic E-state index is 5.88. The summed E-state index contributed by atoms with van der Waals surface area (Å²) >= 11 is 0. The lowest BCUT2D eigenvalue weighted by molar-refractivity contribution is 0.307. The largest absolute Gasteiger partial charge is 0.476 e. The predicted molar refractivity (Wildman–Crippen MR) is 79.1 cm³/mol. The molecule has 0 amide bonds. The number of nitrogens with zero attached hydrogens (tertiary/aromatic N) is 3. The van der Waals surface area contributed by atoms with E-state index in [2.05, 4.69) is 10.1 Å². The van der Waals surface area contributed by atoms with Gasteiger partial charge in [0.1, 0.15) is 0 Å². The zero-order valence-corrected chi connectivity index (χ0v) is 11.3.